The fourth-order valence-electron chi connectivity index (χ4n) is 2.29. The second-order valence-corrected chi connectivity index (χ2v) is 4.79. The first-order valence-electron chi connectivity index (χ1n) is 6.34. The Morgan fingerprint density at radius 2 is 2.11 bits per heavy atom. The number of hydrogen-bond acceptors (Lipinski definition) is 4. The van der Waals surface area contributed by atoms with Crippen molar-refractivity contribution in [3.8, 4) is 11.5 Å². The van der Waals surface area contributed by atoms with Gasteiger partial charge < -0.3 is 19.5 Å². The average molecular weight is 271 g/mol. The van der Waals surface area contributed by atoms with Crippen molar-refractivity contribution in [1.82, 2.24) is 0 Å². The van der Waals surface area contributed by atoms with E-state index in [1.165, 1.54) is 12.1 Å². The van der Waals surface area contributed by atoms with E-state index in [9.17, 15) is 8.78 Å². The summed E-state index contributed by atoms with van der Waals surface area (Å²) in [5.41, 5.74) is 0.741. The van der Waals surface area contributed by atoms with Gasteiger partial charge in [-0.3, -0.25) is 0 Å². The Morgan fingerprint density at radius 3 is 2.89 bits per heavy atom. The lowest BCUT2D eigenvalue weighted by atomic mass is 10.0. The molecule has 0 aliphatic carbocycles. The number of nitrogens with one attached hydrogen (secondary N) is 1. The van der Waals surface area contributed by atoms with Crippen LogP contribution in [0.15, 0.2) is 18.2 Å². The van der Waals surface area contributed by atoms with Crippen molar-refractivity contribution in [3.63, 3.8) is 0 Å². The highest BCUT2D eigenvalue weighted by molar-refractivity contribution is 5.55. The zero-order valence-corrected chi connectivity index (χ0v) is 10.3. The van der Waals surface area contributed by atoms with Crippen LogP contribution in [0.4, 0.5) is 14.5 Å². The normalized spacial score (nSPS) is 24.2. The first-order valence-corrected chi connectivity index (χ1v) is 6.34. The van der Waals surface area contributed by atoms with Gasteiger partial charge in [0.1, 0.15) is 0 Å². The van der Waals surface area contributed by atoms with Gasteiger partial charge in [0.2, 0.25) is 0 Å². The fraction of sp³-hybridized carbons (Fsp3) is 0.538. The zero-order valence-electron chi connectivity index (χ0n) is 10.3. The van der Waals surface area contributed by atoms with Crippen LogP contribution in [0.5, 0.6) is 11.5 Å². The standard InChI is InChI=1S/C13H15F2NO3/c14-13(15)18-11-4-3-10(6-12(11)19-13)16-7-9-2-1-5-17-8-9/h3-4,6,9,16H,1-2,5,7-8H2. The summed E-state index contributed by atoms with van der Waals surface area (Å²) in [6.45, 7) is 2.33. The molecule has 1 unspecified atom stereocenters. The summed E-state index contributed by atoms with van der Waals surface area (Å²) in [7, 11) is 0. The van der Waals surface area contributed by atoms with Crippen LogP contribution >= 0.6 is 0 Å². The lowest BCUT2D eigenvalue weighted by Crippen LogP contribution is -2.26. The van der Waals surface area contributed by atoms with Crippen molar-refractivity contribution < 1.29 is 23.0 Å². The Balaban J connectivity index is 1.60. The highest BCUT2D eigenvalue weighted by Crippen LogP contribution is 2.42. The molecule has 2 aliphatic heterocycles. The molecule has 3 rings (SSSR count). The molecule has 0 saturated carbocycles. The van der Waals surface area contributed by atoms with Crippen LogP contribution in [0.2, 0.25) is 0 Å². The minimum atomic E-state index is -3.56. The number of benzene rings is 1. The molecule has 2 aliphatic rings. The SMILES string of the molecule is FC1(F)Oc2ccc(NCC3CCCOC3)cc2O1. The molecular weight excluding hydrogens is 256 g/mol. The van der Waals surface area contributed by atoms with Gasteiger partial charge in [-0.1, -0.05) is 0 Å². The van der Waals surface area contributed by atoms with Gasteiger partial charge in [-0.25, -0.2) is 0 Å². The number of rotatable bonds is 3. The minimum Gasteiger partial charge on any atom is -0.395 e. The summed E-state index contributed by atoms with van der Waals surface area (Å²) < 4.78 is 39.9. The number of fused-ring (bicyclic) bond motifs is 1. The maximum Gasteiger partial charge on any atom is 0.586 e. The van der Waals surface area contributed by atoms with Crippen LogP contribution in [-0.4, -0.2) is 26.1 Å². The molecule has 1 atom stereocenters. The molecule has 0 spiro atoms. The molecule has 0 amide bonds. The second kappa shape index (κ2) is 4.85. The molecule has 0 radical (unpaired) electrons. The lowest BCUT2D eigenvalue weighted by molar-refractivity contribution is -0.286. The van der Waals surface area contributed by atoms with Crippen molar-refractivity contribution in [2.24, 2.45) is 5.92 Å². The van der Waals surface area contributed by atoms with Gasteiger partial charge in [0.05, 0.1) is 6.61 Å². The van der Waals surface area contributed by atoms with Crippen LogP contribution < -0.4 is 14.8 Å². The number of alkyl halides is 2. The van der Waals surface area contributed by atoms with Gasteiger partial charge >= 0.3 is 6.29 Å². The van der Waals surface area contributed by atoms with Crippen LogP contribution in [0.1, 0.15) is 12.8 Å². The quantitative estimate of drug-likeness (QED) is 0.917. The summed E-state index contributed by atoms with van der Waals surface area (Å²) in [6.07, 6.45) is -1.37. The molecule has 1 fully saturated rings. The number of anilines is 1. The Kier molecular flexibility index (Phi) is 3.18. The second-order valence-electron chi connectivity index (χ2n) is 4.79. The molecule has 1 aromatic carbocycles. The van der Waals surface area contributed by atoms with E-state index in [1.807, 2.05) is 0 Å². The van der Waals surface area contributed by atoms with Crippen LogP contribution in [0.25, 0.3) is 0 Å². The molecule has 104 valence electrons. The van der Waals surface area contributed by atoms with E-state index in [2.05, 4.69) is 14.8 Å². The highest BCUT2D eigenvalue weighted by Gasteiger charge is 2.43. The third-order valence-corrected chi connectivity index (χ3v) is 3.25. The molecule has 1 saturated heterocycles. The molecule has 19 heavy (non-hydrogen) atoms. The zero-order chi connectivity index (χ0) is 13.3. The van der Waals surface area contributed by atoms with Crippen molar-refractivity contribution in [3.05, 3.63) is 18.2 Å². The van der Waals surface area contributed by atoms with Gasteiger partial charge in [0, 0.05) is 24.9 Å². The summed E-state index contributed by atoms with van der Waals surface area (Å²) >= 11 is 0. The Hall–Kier alpha value is -1.56. The molecule has 6 heteroatoms. The molecular formula is C13H15F2NO3. The first-order chi connectivity index (χ1) is 9.12. The predicted octanol–water partition coefficient (Wildman–Crippen LogP) is 2.85. The Labute approximate surface area is 109 Å². The van der Waals surface area contributed by atoms with E-state index in [-0.39, 0.29) is 11.5 Å². The van der Waals surface area contributed by atoms with E-state index in [0.717, 1.165) is 38.3 Å². The number of ether oxygens (including phenoxy) is 3. The summed E-state index contributed by atoms with van der Waals surface area (Å²) in [4.78, 5) is 0. The summed E-state index contributed by atoms with van der Waals surface area (Å²) in [6, 6.07) is 4.71. The largest absolute Gasteiger partial charge is 0.586 e. The van der Waals surface area contributed by atoms with Gasteiger partial charge in [0.25, 0.3) is 0 Å². The predicted molar refractivity (Wildman–Crippen MR) is 64.7 cm³/mol. The molecule has 0 aromatic heterocycles. The number of halogens is 2. The van der Waals surface area contributed by atoms with Crippen molar-refractivity contribution in [2.45, 2.75) is 19.1 Å². The van der Waals surface area contributed by atoms with Crippen LogP contribution in [0.3, 0.4) is 0 Å². The van der Waals surface area contributed by atoms with Gasteiger partial charge in [0.15, 0.2) is 11.5 Å². The molecule has 1 aromatic rings. The molecule has 1 N–H and O–H groups in total. The van der Waals surface area contributed by atoms with E-state index in [1.54, 1.807) is 6.07 Å². The molecule has 4 nitrogen and oxygen atoms in total. The number of hydrogen-bond donors (Lipinski definition) is 1. The topological polar surface area (TPSA) is 39.7 Å². The van der Waals surface area contributed by atoms with E-state index in [4.69, 9.17) is 4.74 Å². The maximum atomic E-state index is 12.9. The third kappa shape index (κ3) is 2.89. The van der Waals surface area contributed by atoms with Crippen LogP contribution in [0, 0.1) is 5.92 Å². The summed E-state index contributed by atoms with van der Waals surface area (Å²) in [5.74, 6) is 0.590. The Bertz CT molecular complexity index is 461. The fourth-order valence-corrected chi connectivity index (χ4v) is 2.29. The van der Waals surface area contributed by atoms with E-state index >= 15 is 0 Å². The first kappa shape index (κ1) is 12.5. The van der Waals surface area contributed by atoms with Gasteiger partial charge in [-0.15, -0.1) is 8.78 Å². The van der Waals surface area contributed by atoms with Crippen molar-refractivity contribution in [2.75, 3.05) is 25.1 Å². The van der Waals surface area contributed by atoms with Crippen molar-refractivity contribution >= 4 is 5.69 Å². The smallest absolute Gasteiger partial charge is 0.395 e. The monoisotopic (exact) mass is 271 g/mol. The summed E-state index contributed by atoms with van der Waals surface area (Å²) in [5, 5.41) is 3.21. The van der Waals surface area contributed by atoms with Crippen molar-refractivity contribution in [1.29, 1.82) is 0 Å². The minimum absolute atomic E-state index is 0.0647. The third-order valence-electron chi connectivity index (χ3n) is 3.25. The highest BCUT2D eigenvalue weighted by atomic mass is 19.3. The maximum absolute atomic E-state index is 12.9. The van der Waals surface area contributed by atoms with Crippen LogP contribution in [-0.2, 0) is 4.74 Å². The van der Waals surface area contributed by atoms with Gasteiger partial charge in [-0.05, 0) is 30.9 Å². The lowest BCUT2D eigenvalue weighted by Gasteiger charge is -2.22. The van der Waals surface area contributed by atoms with E-state index in [0.29, 0.717) is 5.92 Å². The molecule has 2 heterocycles. The van der Waals surface area contributed by atoms with Gasteiger partial charge in [-0.2, -0.15) is 0 Å². The molecule has 0 bridgehead atoms. The van der Waals surface area contributed by atoms with E-state index < -0.39 is 6.29 Å². The average Bonchev–Trinajstić information content (AvgIpc) is 2.70. The Morgan fingerprint density at radius 1 is 1.26 bits per heavy atom.